The van der Waals surface area contributed by atoms with Gasteiger partial charge >= 0.3 is 0 Å². The Morgan fingerprint density at radius 1 is 1.56 bits per heavy atom. The van der Waals surface area contributed by atoms with Crippen molar-refractivity contribution in [2.45, 2.75) is 33.2 Å². The summed E-state index contributed by atoms with van der Waals surface area (Å²) in [5, 5.41) is 1.99. The molecule has 1 atom stereocenters. The molecule has 5 heteroatoms. The van der Waals surface area contributed by atoms with Crippen LogP contribution in [0.5, 0.6) is 0 Å². The first-order valence-electron chi connectivity index (χ1n) is 6.21. The van der Waals surface area contributed by atoms with E-state index in [1.807, 2.05) is 12.3 Å². The van der Waals surface area contributed by atoms with Crippen molar-refractivity contribution in [2.75, 3.05) is 5.75 Å². The van der Waals surface area contributed by atoms with Gasteiger partial charge in [-0.15, -0.1) is 11.3 Å². The zero-order valence-corrected chi connectivity index (χ0v) is 12.4. The van der Waals surface area contributed by atoms with Crippen molar-refractivity contribution in [1.29, 1.82) is 0 Å². The summed E-state index contributed by atoms with van der Waals surface area (Å²) >= 11 is 5.85. The summed E-state index contributed by atoms with van der Waals surface area (Å²) in [7, 11) is 0. The molecule has 2 rings (SSSR count). The molecule has 2 aromatic rings. The summed E-state index contributed by atoms with van der Waals surface area (Å²) < 4.78 is 2.50. The lowest BCUT2D eigenvalue weighted by atomic mass is 10.1. The third-order valence-electron chi connectivity index (χ3n) is 3.13. The van der Waals surface area contributed by atoms with Gasteiger partial charge in [-0.2, -0.15) is 12.6 Å². The summed E-state index contributed by atoms with van der Waals surface area (Å²) in [6.07, 6.45) is 3.89. The molecule has 1 unspecified atom stereocenters. The molecule has 18 heavy (non-hydrogen) atoms. The minimum absolute atomic E-state index is 0.0842. The molecule has 0 aliphatic carbocycles. The van der Waals surface area contributed by atoms with Gasteiger partial charge in [-0.3, -0.25) is 9.36 Å². The van der Waals surface area contributed by atoms with Gasteiger partial charge in [0.2, 0.25) is 0 Å². The molecule has 98 valence electrons. The standard InChI is InChI=1S/C13H18N2OS2/c1-3-4-10(6-17)5-15-8-14-11-9(2)7-18-12(11)13(15)16/h7-8,10,17H,3-6H2,1-2H3. The molecule has 0 aliphatic rings. The van der Waals surface area contributed by atoms with Crippen LogP contribution >= 0.6 is 24.0 Å². The second kappa shape index (κ2) is 5.89. The monoisotopic (exact) mass is 282 g/mol. The fourth-order valence-corrected chi connectivity index (χ4v) is 3.36. The van der Waals surface area contributed by atoms with Crippen LogP contribution in [0.2, 0.25) is 0 Å². The highest BCUT2D eigenvalue weighted by atomic mass is 32.1. The number of aromatic nitrogens is 2. The summed E-state index contributed by atoms with van der Waals surface area (Å²) in [5.41, 5.74) is 2.01. The van der Waals surface area contributed by atoms with E-state index in [1.54, 1.807) is 10.9 Å². The molecule has 0 fully saturated rings. The van der Waals surface area contributed by atoms with Crippen LogP contribution in [-0.2, 0) is 6.54 Å². The van der Waals surface area contributed by atoms with Gasteiger partial charge in [-0.25, -0.2) is 4.98 Å². The first kappa shape index (κ1) is 13.6. The first-order valence-corrected chi connectivity index (χ1v) is 7.72. The van der Waals surface area contributed by atoms with Crippen LogP contribution in [0.25, 0.3) is 10.2 Å². The van der Waals surface area contributed by atoms with Crippen LogP contribution in [0.4, 0.5) is 0 Å². The van der Waals surface area contributed by atoms with Gasteiger partial charge in [0.15, 0.2) is 0 Å². The Morgan fingerprint density at radius 2 is 2.33 bits per heavy atom. The largest absolute Gasteiger partial charge is 0.298 e. The Balaban J connectivity index is 2.34. The molecule has 0 spiro atoms. The summed E-state index contributed by atoms with van der Waals surface area (Å²) in [6, 6.07) is 0. The number of aryl methyl sites for hydroxylation is 1. The van der Waals surface area contributed by atoms with E-state index < -0.39 is 0 Å². The highest BCUT2D eigenvalue weighted by Gasteiger charge is 2.12. The molecule has 2 aromatic heterocycles. The number of fused-ring (bicyclic) bond motifs is 1. The molecule has 0 saturated heterocycles. The van der Waals surface area contributed by atoms with Crippen LogP contribution in [0.15, 0.2) is 16.5 Å². The van der Waals surface area contributed by atoms with E-state index in [4.69, 9.17) is 0 Å². The van der Waals surface area contributed by atoms with Crippen molar-refractivity contribution in [3.63, 3.8) is 0 Å². The fraction of sp³-hybridized carbons (Fsp3) is 0.538. The molecule has 0 amide bonds. The topological polar surface area (TPSA) is 34.9 Å². The van der Waals surface area contributed by atoms with Gasteiger partial charge in [-0.05, 0) is 36.0 Å². The number of thiophene rings is 1. The van der Waals surface area contributed by atoms with Gasteiger partial charge in [0.1, 0.15) is 4.70 Å². The summed E-state index contributed by atoms with van der Waals surface area (Å²) in [5.74, 6) is 1.25. The van der Waals surface area contributed by atoms with Crippen molar-refractivity contribution in [2.24, 2.45) is 5.92 Å². The quantitative estimate of drug-likeness (QED) is 0.855. The fourth-order valence-electron chi connectivity index (χ4n) is 2.12. The maximum atomic E-state index is 12.3. The van der Waals surface area contributed by atoms with Crippen molar-refractivity contribution >= 4 is 34.2 Å². The van der Waals surface area contributed by atoms with Gasteiger partial charge in [0, 0.05) is 6.54 Å². The van der Waals surface area contributed by atoms with E-state index in [0.717, 1.165) is 40.9 Å². The normalized spacial score (nSPS) is 13.1. The van der Waals surface area contributed by atoms with Gasteiger partial charge < -0.3 is 0 Å². The van der Waals surface area contributed by atoms with E-state index in [1.165, 1.54) is 11.3 Å². The predicted molar refractivity (Wildman–Crippen MR) is 80.9 cm³/mol. The second-order valence-corrected chi connectivity index (χ2v) is 5.88. The minimum Gasteiger partial charge on any atom is -0.298 e. The maximum absolute atomic E-state index is 12.3. The molecule has 0 aromatic carbocycles. The molecule has 0 N–H and O–H groups in total. The molecular weight excluding hydrogens is 264 g/mol. The van der Waals surface area contributed by atoms with Crippen molar-refractivity contribution in [3.05, 3.63) is 27.6 Å². The van der Waals surface area contributed by atoms with Crippen LogP contribution < -0.4 is 5.56 Å². The van der Waals surface area contributed by atoms with Gasteiger partial charge in [0.25, 0.3) is 5.56 Å². The lowest BCUT2D eigenvalue weighted by Crippen LogP contribution is -2.24. The number of nitrogens with zero attached hydrogens (tertiary/aromatic N) is 2. The first-order chi connectivity index (χ1) is 8.67. The van der Waals surface area contributed by atoms with Crippen LogP contribution in [0.3, 0.4) is 0 Å². The van der Waals surface area contributed by atoms with Crippen LogP contribution in [0.1, 0.15) is 25.3 Å². The lowest BCUT2D eigenvalue weighted by molar-refractivity contribution is 0.444. The molecular formula is C13H18N2OS2. The lowest BCUT2D eigenvalue weighted by Gasteiger charge is -2.14. The van der Waals surface area contributed by atoms with Crippen molar-refractivity contribution in [3.8, 4) is 0 Å². The van der Waals surface area contributed by atoms with Crippen molar-refractivity contribution < 1.29 is 0 Å². The number of hydrogen-bond acceptors (Lipinski definition) is 4. The highest BCUT2D eigenvalue weighted by molar-refractivity contribution is 7.80. The molecule has 0 radical (unpaired) electrons. The Bertz CT molecular complexity index is 588. The third kappa shape index (κ3) is 2.62. The Kier molecular flexibility index (Phi) is 4.45. The summed E-state index contributed by atoms with van der Waals surface area (Å²) in [4.78, 5) is 16.7. The number of rotatable bonds is 5. The average molecular weight is 282 g/mol. The van der Waals surface area contributed by atoms with Crippen LogP contribution in [0, 0.1) is 12.8 Å². The Morgan fingerprint density at radius 3 is 3.00 bits per heavy atom. The highest BCUT2D eigenvalue weighted by Crippen LogP contribution is 2.19. The Labute approximate surface area is 116 Å². The Hall–Kier alpha value is -0.810. The van der Waals surface area contributed by atoms with E-state index in [0.29, 0.717) is 5.92 Å². The molecule has 3 nitrogen and oxygen atoms in total. The second-order valence-electron chi connectivity index (χ2n) is 4.64. The summed E-state index contributed by atoms with van der Waals surface area (Å²) in [6.45, 7) is 4.86. The zero-order valence-electron chi connectivity index (χ0n) is 10.7. The maximum Gasteiger partial charge on any atom is 0.271 e. The third-order valence-corrected chi connectivity index (χ3v) is 4.72. The number of hydrogen-bond donors (Lipinski definition) is 1. The minimum atomic E-state index is 0.0842. The number of thiol groups is 1. The average Bonchev–Trinajstić information content (AvgIpc) is 2.74. The SMILES string of the molecule is CCCC(CS)Cn1cnc2c(C)csc2c1=O. The molecule has 0 aliphatic heterocycles. The predicted octanol–water partition coefficient (Wildman–Crippen LogP) is 3.11. The molecule has 2 heterocycles. The van der Waals surface area contributed by atoms with Crippen molar-refractivity contribution in [1.82, 2.24) is 9.55 Å². The molecule has 0 bridgehead atoms. The molecule has 0 saturated carbocycles. The van der Waals surface area contributed by atoms with E-state index in [9.17, 15) is 4.79 Å². The van der Waals surface area contributed by atoms with Gasteiger partial charge in [0.05, 0.1) is 11.8 Å². The van der Waals surface area contributed by atoms with E-state index >= 15 is 0 Å². The van der Waals surface area contributed by atoms with E-state index in [-0.39, 0.29) is 5.56 Å². The zero-order chi connectivity index (χ0) is 13.1. The van der Waals surface area contributed by atoms with E-state index in [2.05, 4.69) is 24.5 Å². The van der Waals surface area contributed by atoms with Crippen LogP contribution in [-0.4, -0.2) is 15.3 Å². The van der Waals surface area contributed by atoms with Gasteiger partial charge in [-0.1, -0.05) is 13.3 Å². The smallest absolute Gasteiger partial charge is 0.271 e.